The molecule has 17 heavy (non-hydrogen) atoms. The number of ether oxygens (including phenoxy) is 1. The second kappa shape index (κ2) is 4.16. The fraction of sp³-hybridized carbons (Fsp3) is 0.533. The monoisotopic (exact) mass is 227 g/mol. The van der Waals surface area contributed by atoms with Crippen molar-refractivity contribution < 1.29 is 4.74 Å². The predicted octanol–water partition coefficient (Wildman–Crippen LogP) is 3.25. The molecule has 2 heteroatoms. The summed E-state index contributed by atoms with van der Waals surface area (Å²) in [6, 6.07) is 13.0. The van der Waals surface area contributed by atoms with Crippen molar-refractivity contribution in [3.05, 3.63) is 35.9 Å². The zero-order chi connectivity index (χ0) is 11.7. The summed E-state index contributed by atoms with van der Waals surface area (Å²) in [5.74, 6) is 0.899. The van der Waals surface area contributed by atoms with Gasteiger partial charge in [-0.05, 0) is 24.3 Å². The third-order valence-electron chi connectivity index (χ3n) is 4.24. The Hall–Kier alpha value is -1.33. The van der Waals surface area contributed by atoms with Crippen LogP contribution < -0.4 is 0 Å². The molecular weight excluding hydrogens is 210 g/mol. The molecule has 0 bridgehead atoms. The highest BCUT2D eigenvalue weighted by Crippen LogP contribution is 2.49. The molecule has 3 atom stereocenters. The highest BCUT2D eigenvalue weighted by Gasteiger charge is 2.55. The molecule has 1 heterocycles. The Morgan fingerprint density at radius 3 is 2.53 bits per heavy atom. The summed E-state index contributed by atoms with van der Waals surface area (Å²) in [5.41, 5.74) is 0.920. The minimum atomic E-state index is -0.457. The van der Waals surface area contributed by atoms with Gasteiger partial charge in [0.25, 0.3) is 0 Å². The van der Waals surface area contributed by atoms with Gasteiger partial charge in [-0.3, -0.25) is 0 Å². The van der Waals surface area contributed by atoms with Crippen molar-refractivity contribution in [2.75, 3.05) is 6.61 Å². The summed E-state index contributed by atoms with van der Waals surface area (Å²) in [7, 11) is 0. The molecule has 3 rings (SSSR count). The maximum atomic E-state index is 9.30. The summed E-state index contributed by atoms with van der Waals surface area (Å²) in [6.07, 6.45) is 4.84. The molecule has 2 nitrogen and oxygen atoms in total. The van der Waals surface area contributed by atoms with Crippen molar-refractivity contribution in [1.82, 2.24) is 0 Å². The van der Waals surface area contributed by atoms with E-state index in [1.807, 2.05) is 0 Å². The van der Waals surface area contributed by atoms with Gasteiger partial charge in [-0.2, -0.15) is 5.26 Å². The molecule has 88 valence electrons. The fourth-order valence-corrected chi connectivity index (χ4v) is 3.23. The lowest BCUT2D eigenvalue weighted by molar-refractivity contribution is 0.191. The van der Waals surface area contributed by atoms with Gasteiger partial charge in [-0.25, -0.2) is 0 Å². The van der Waals surface area contributed by atoms with Crippen molar-refractivity contribution in [3.8, 4) is 6.07 Å². The Kier molecular flexibility index (Phi) is 2.64. The van der Waals surface area contributed by atoms with E-state index in [1.54, 1.807) is 0 Å². The first kappa shape index (κ1) is 10.8. The molecule has 0 N–H and O–H groups in total. The number of hydrogen-bond donors (Lipinski definition) is 0. The largest absolute Gasteiger partial charge is 0.353 e. The third kappa shape index (κ3) is 1.85. The van der Waals surface area contributed by atoms with Gasteiger partial charge < -0.3 is 4.74 Å². The van der Waals surface area contributed by atoms with Gasteiger partial charge in [0.1, 0.15) is 6.07 Å². The molecule has 1 aromatic carbocycles. The van der Waals surface area contributed by atoms with Crippen LogP contribution in [0.15, 0.2) is 30.3 Å². The Morgan fingerprint density at radius 1 is 1.18 bits per heavy atom. The number of nitriles is 1. The molecular formula is C15H17NO. The molecule has 0 amide bonds. The van der Waals surface area contributed by atoms with E-state index in [2.05, 4.69) is 36.4 Å². The molecule has 0 aromatic heterocycles. The van der Waals surface area contributed by atoms with Gasteiger partial charge in [0.15, 0.2) is 5.60 Å². The quantitative estimate of drug-likeness (QED) is 0.727. The topological polar surface area (TPSA) is 36.3 Å². The zero-order valence-electron chi connectivity index (χ0n) is 9.93. The van der Waals surface area contributed by atoms with Crippen LogP contribution >= 0.6 is 0 Å². The minimum absolute atomic E-state index is 0.392. The van der Waals surface area contributed by atoms with Gasteiger partial charge in [0.2, 0.25) is 0 Å². The number of hydrogen-bond acceptors (Lipinski definition) is 2. The summed E-state index contributed by atoms with van der Waals surface area (Å²) in [4.78, 5) is 0. The average molecular weight is 227 g/mol. The number of epoxide rings is 1. The van der Waals surface area contributed by atoms with Gasteiger partial charge in [0.05, 0.1) is 6.61 Å². The maximum absolute atomic E-state index is 9.30. The Bertz CT molecular complexity index is 430. The van der Waals surface area contributed by atoms with Gasteiger partial charge in [0, 0.05) is 5.92 Å². The van der Waals surface area contributed by atoms with Crippen LogP contribution in [0.4, 0.5) is 0 Å². The van der Waals surface area contributed by atoms with E-state index in [0.29, 0.717) is 18.4 Å². The van der Waals surface area contributed by atoms with E-state index in [0.717, 1.165) is 6.42 Å². The Balaban J connectivity index is 1.89. The van der Waals surface area contributed by atoms with Crippen molar-refractivity contribution in [2.45, 2.75) is 37.2 Å². The molecule has 1 aliphatic heterocycles. The number of nitrogens with zero attached hydrogens (tertiary/aromatic N) is 1. The maximum Gasteiger partial charge on any atom is 0.180 e. The van der Waals surface area contributed by atoms with Crippen molar-refractivity contribution >= 4 is 0 Å². The molecule has 1 saturated heterocycles. The molecule has 3 unspecified atom stereocenters. The first-order chi connectivity index (χ1) is 8.36. The Morgan fingerprint density at radius 2 is 1.88 bits per heavy atom. The van der Waals surface area contributed by atoms with Gasteiger partial charge in [-0.1, -0.05) is 43.2 Å². The van der Waals surface area contributed by atoms with Crippen molar-refractivity contribution in [2.24, 2.45) is 5.92 Å². The standard InChI is InChI=1S/C15H17NO/c16-10-15(11-17-15)14-9-5-4-8-13(14)12-6-2-1-3-7-12/h1-3,6-7,13-14H,4-5,8-9,11H2. The number of benzene rings is 1. The Labute approximate surface area is 102 Å². The molecule has 1 aliphatic carbocycles. The molecule has 2 fully saturated rings. The van der Waals surface area contributed by atoms with Crippen LogP contribution in [0.5, 0.6) is 0 Å². The van der Waals surface area contributed by atoms with Gasteiger partial charge >= 0.3 is 0 Å². The summed E-state index contributed by atoms with van der Waals surface area (Å²) in [6.45, 7) is 0.636. The number of rotatable bonds is 2. The average Bonchev–Trinajstić information content (AvgIpc) is 3.21. The lowest BCUT2D eigenvalue weighted by atomic mass is 9.70. The van der Waals surface area contributed by atoms with Crippen molar-refractivity contribution in [3.63, 3.8) is 0 Å². The predicted molar refractivity (Wildman–Crippen MR) is 65.4 cm³/mol. The van der Waals surface area contributed by atoms with Crippen LogP contribution in [-0.2, 0) is 4.74 Å². The smallest absolute Gasteiger partial charge is 0.180 e. The van der Waals surface area contributed by atoms with E-state index < -0.39 is 5.60 Å². The van der Waals surface area contributed by atoms with Gasteiger partial charge in [-0.15, -0.1) is 0 Å². The van der Waals surface area contributed by atoms with E-state index in [1.165, 1.54) is 24.8 Å². The molecule has 2 aliphatic rings. The lowest BCUT2D eigenvalue weighted by Crippen LogP contribution is -2.31. The summed E-state index contributed by atoms with van der Waals surface area (Å²) in [5, 5.41) is 9.30. The minimum Gasteiger partial charge on any atom is -0.353 e. The van der Waals surface area contributed by atoms with Crippen LogP contribution in [0.25, 0.3) is 0 Å². The first-order valence-corrected chi connectivity index (χ1v) is 6.46. The lowest BCUT2D eigenvalue weighted by Gasteiger charge is -2.33. The fourth-order valence-electron chi connectivity index (χ4n) is 3.23. The van der Waals surface area contributed by atoms with E-state index >= 15 is 0 Å². The SMILES string of the molecule is N#CC1(C2CCCCC2c2ccccc2)CO1. The third-order valence-corrected chi connectivity index (χ3v) is 4.24. The second-order valence-corrected chi connectivity index (χ2v) is 5.20. The molecule has 0 radical (unpaired) electrons. The van der Waals surface area contributed by atoms with Crippen LogP contribution in [0, 0.1) is 17.2 Å². The summed E-state index contributed by atoms with van der Waals surface area (Å²) >= 11 is 0. The summed E-state index contributed by atoms with van der Waals surface area (Å²) < 4.78 is 5.48. The van der Waals surface area contributed by atoms with E-state index in [9.17, 15) is 5.26 Å². The van der Waals surface area contributed by atoms with E-state index in [4.69, 9.17) is 4.74 Å². The van der Waals surface area contributed by atoms with Crippen molar-refractivity contribution in [1.29, 1.82) is 5.26 Å². The normalized spacial score (nSPS) is 36.2. The molecule has 1 aromatic rings. The highest BCUT2D eigenvalue weighted by molar-refractivity contribution is 5.26. The van der Waals surface area contributed by atoms with Crippen LogP contribution in [0.3, 0.4) is 0 Å². The van der Waals surface area contributed by atoms with Crippen LogP contribution in [0.1, 0.15) is 37.2 Å². The second-order valence-electron chi connectivity index (χ2n) is 5.20. The van der Waals surface area contributed by atoms with Crippen LogP contribution in [-0.4, -0.2) is 12.2 Å². The van der Waals surface area contributed by atoms with E-state index in [-0.39, 0.29) is 0 Å². The molecule has 0 spiro atoms. The first-order valence-electron chi connectivity index (χ1n) is 6.46. The zero-order valence-corrected chi connectivity index (χ0v) is 9.93. The van der Waals surface area contributed by atoms with Crippen LogP contribution in [0.2, 0.25) is 0 Å². The highest BCUT2D eigenvalue weighted by atomic mass is 16.6. The molecule has 1 saturated carbocycles.